The fourth-order valence-electron chi connectivity index (χ4n) is 2.57. The Bertz CT molecular complexity index is 995. The summed E-state index contributed by atoms with van der Waals surface area (Å²) in [5.41, 5.74) is 0.673. The smallest absolute Gasteiger partial charge is 0.247 e. The molecule has 0 aromatic carbocycles. The second-order valence-electron chi connectivity index (χ2n) is 5.53. The average molecular weight is 388 g/mol. The van der Waals surface area contributed by atoms with Crippen LogP contribution in [0.3, 0.4) is 0 Å². The lowest BCUT2D eigenvalue weighted by atomic mass is 10.3. The highest BCUT2D eigenvalue weighted by Gasteiger charge is 2.16. The Morgan fingerprint density at radius 1 is 1.23 bits per heavy atom. The van der Waals surface area contributed by atoms with Crippen molar-refractivity contribution >= 4 is 39.9 Å². The molecule has 132 valence electrons. The zero-order chi connectivity index (χ0) is 17.9. The van der Waals surface area contributed by atoms with Gasteiger partial charge in [-0.15, -0.1) is 11.3 Å². The molecule has 0 N–H and O–H groups in total. The standard InChI is InChI=1S/C18H14ClN3O3S/c19-17-15(22-7-10-26-18(22)20-17)5-6-16(23)21(11-13-3-1-8-24-13)12-14-4-2-9-25-14/h1-10H,11-12H2/b6-5+. The van der Waals surface area contributed by atoms with Crippen LogP contribution in [0.15, 0.2) is 63.3 Å². The van der Waals surface area contributed by atoms with Gasteiger partial charge in [-0.3, -0.25) is 9.20 Å². The van der Waals surface area contributed by atoms with Crippen molar-refractivity contribution in [3.05, 3.63) is 76.8 Å². The fourth-order valence-corrected chi connectivity index (χ4v) is 3.58. The number of hydrogen-bond donors (Lipinski definition) is 0. The third-order valence-corrected chi connectivity index (χ3v) is 4.84. The highest BCUT2D eigenvalue weighted by atomic mass is 35.5. The van der Waals surface area contributed by atoms with Gasteiger partial charge >= 0.3 is 0 Å². The fraction of sp³-hybridized carbons (Fsp3) is 0.111. The van der Waals surface area contributed by atoms with E-state index in [1.54, 1.807) is 35.6 Å². The topological polar surface area (TPSA) is 63.9 Å². The number of thiazole rings is 1. The normalized spacial score (nSPS) is 11.6. The average Bonchev–Trinajstić information content (AvgIpc) is 3.39. The number of imidazole rings is 1. The Balaban J connectivity index is 1.57. The lowest BCUT2D eigenvalue weighted by Crippen LogP contribution is -2.28. The number of hydrogen-bond acceptors (Lipinski definition) is 5. The van der Waals surface area contributed by atoms with Crippen molar-refractivity contribution in [3.8, 4) is 0 Å². The number of carbonyl (C=O) groups excluding carboxylic acids is 1. The van der Waals surface area contributed by atoms with Gasteiger partial charge in [0, 0.05) is 17.7 Å². The first-order chi connectivity index (χ1) is 12.7. The number of halogens is 1. The summed E-state index contributed by atoms with van der Waals surface area (Å²) >= 11 is 7.65. The van der Waals surface area contributed by atoms with Gasteiger partial charge in [0.2, 0.25) is 5.91 Å². The number of furan rings is 2. The maximum atomic E-state index is 12.8. The molecule has 0 atom stereocenters. The van der Waals surface area contributed by atoms with Crippen molar-refractivity contribution in [2.24, 2.45) is 0 Å². The van der Waals surface area contributed by atoms with E-state index in [1.165, 1.54) is 17.4 Å². The van der Waals surface area contributed by atoms with Crippen LogP contribution in [-0.4, -0.2) is 20.2 Å². The molecule has 0 saturated carbocycles. The number of fused-ring (bicyclic) bond motifs is 1. The van der Waals surface area contributed by atoms with Crippen molar-refractivity contribution in [1.29, 1.82) is 0 Å². The van der Waals surface area contributed by atoms with Crippen LogP contribution < -0.4 is 0 Å². The maximum absolute atomic E-state index is 12.8. The van der Waals surface area contributed by atoms with E-state index in [1.807, 2.05) is 28.1 Å². The number of nitrogens with zero attached hydrogens (tertiary/aromatic N) is 3. The van der Waals surface area contributed by atoms with Crippen molar-refractivity contribution in [3.63, 3.8) is 0 Å². The Hall–Kier alpha value is -2.77. The van der Waals surface area contributed by atoms with Crippen molar-refractivity contribution < 1.29 is 13.6 Å². The van der Waals surface area contributed by atoms with Gasteiger partial charge in [0.15, 0.2) is 10.1 Å². The molecule has 0 aliphatic rings. The van der Waals surface area contributed by atoms with E-state index in [0.29, 0.717) is 35.5 Å². The van der Waals surface area contributed by atoms with Crippen LogP contribution in [0.2, 0.25) is 5.15 Å². The molecule has 8 heteroatoms. The zero-order valence-electron chi connectivity index (χ0n) is 13.5. The van der Waals surface area contributed by atoms with Crippen LogP contribution in [0.5, 0.6) is 0 Å². The van der Waals surface area contributed by atoms with Crippen molar-refractivity contribution in [2.45, 2.75) is 13.1 Å². The molecule has 0 bridgehead atoms. The molecule has 4 heterocycles. The molecule has 4 aromatic rings. The Kier molecular flexibility index (Phi) is 4.64. The molecule has 0 radical (unpaired) electrons. The number of rotatable bonds is 6. The van der Waals surface area contributed by atoms with E-state index in [9.17, 15) is 4.79 Å². The Labute approximate surface area is 157 Å². The summed E-state index contributed by atoms with van der Waals surface area (Å²) in [5.74, 6) is 1.21. The second-order valence-corrected chi connectivity index (χ2v) is 6.76. The molecule has 0 aliphatic carbocycles. The first-order valence-corrected chi connectivity index (χ1v) is 9.09. The summed E-state index contributed by atoms with van der Waals surface area (Å²) in [4.78, 5) is 19.4. The molecule has 6 nitrogen and oxygen atoms in total. The van der Waals surface area contributed by atoms with Gasteiger partial charge in [0.25, 0.3) is 0 Å². The van der Waals surface area contributed by atoms with Gasteiger partial charge in [-0.05, 0) is 30.3 Å². The largest absolute Gasteiger partial charge is 0.467 e. The quantitative estimate of drug-likeness (QED) is 0.458. The van der Waals surface area contributed by atoms with E-state index in [2.05, 4.69) is 4.98 Å². The Morgan fingerprint density at radius 2 is 1.92 bits per heavy atom. The monoisotopic (exact) mass is 387 g/mol. The summed E-state index contributed by atoms with van der Waals surface area (Å²) in [7, 11) is 0. The van der Waals surface area contributed by atoms with Crippen LogP contribution >= 0.6 is 22.9 Å². The molecular formula is C18H14ClN3O3S. The molecule has 0 unspecified atom stereocenters. The molecule has 1 amide bonds. The Morgan fingerprint density at radius 3 is 2.54 bits per heavy atom. The highest BCUT2D eigenvalue weighted by Crippen LogP contribution is 2.22. The maximum Gasteiger partial charge on any atom is 0.247 e. The van der Waals surface area contributed by atoms with E-state index >= 15 is 0 Å². The lowest BCUT2D eigenvalue weighted by molar-refractivity contribution is -0.127. The molecule has 0 saturated heterocycles. The van der Waals surface area contributed by atoms with Gasteiger partial charge in [0.05, 0.1) is 31.3 Å². The van der Waals surface area contributed by atoms with E-state index in [-0.39, 0.29) is 5.91 Å². The van der Waals surface area contributed by atoms with E-state index < -0.39 is 0 Å². The SMILES string of the molecule is O=C(/C=C/c1c(Cl)nc2sccn12)N(Cc1ccco1)Cc1ccco1. The molecule has 0 aliphatic heterocycles. The predicted molar refractivity (Wildman–Crippen MR) is 98.8 cm³/mol. The predicted octanol–water partition coefficient (Wildman–Crippen LogP) is 4.48. The first kappa shape index (κ1) is 16.7. The highest BCUT2D eigenvalue weighted by molar-refractivity contribution is 7.15. The molecule has 4 rings (SSSR count). The van der Waals surface area contributed by atoms with Gasteiger partial charge in [0.1, 0.15) is 11.5 Å². The van der Waals surface area contributed by atoms with Gasteiger partial charge < -0.3 is 13.7 Å². The van der Waals surface area contributed by atoms with Gasteiger partial charge in [-0.25, -0.2) is 4.98 Å². The summed E-state index contributed by atoms with van der Waals surface area (Å²) in [6.45, 7) is 0.676. The van der Waals surface area contributed by atoms with Crippen LogP contribution in [-0.2, 0) is 17.9 Å². The van der Waals surface area contributed by atoms with Gasteiger partial charge in [-0.1, -0.05) is 11.6 Å². The number of amides is 1. The minimum atomic E-state index is -0.181. The van der Waals surface area contributed by atoms with E-state index in [4.69, 9.17) is 20.4 Å². The number of carbonyl (C=O) groups is 1. The zero-order valence-corrected chi connectivity index (χ0v) is 15.1. The molecule has 0 spiro atoms. The number of aromatic nitrogens is 2. The summed E-state index contributed by atoms with van der Waals surface area (Å²) in [6, 6.07) is 7.24. The lowest BCUT2D eigenvalue weighted by Gasteiger charge is -2.18. The minimum Gasteiger partial charge on any atom is -0.467 e. The summed E-state index contributed by atoms with van der Waals surface area (Å²) in [6.07, 6.45) is 8.19. The van der Waals surface area contributed by atoms with Crippen LogP contribution in [0, 0.1) is 0 Å². The molecule has 4 aromatic heterocycles. The van der Waals surface area contributed by atoms with E-state index in [0.717, 1.165) is 4.96 Å². The molecule has 0 fully saturated rings. The molecular weight excluding hydrogens is 374 g/mol. The van der Waals surface area contributed by atoms with Crippen LogP contribution in [0.25, 0.3) is 11.0 Å². The van der Waals surface area contributed by atoms with Crippen LogP contribution in [0.4, 0.5) is 0 Å². The first-order valence-electron chi connectivity index (χ1n) is 7.83. The van der Waals surface area contributed by atoms with Crippen molar-refractivity contribution in [2.75, 3.05) is 0 Å². The third-order valence-electron chi connectivity index (χ3n) is 3.80. The second kappa shape index (κ2) is 7.23. The van der Waals surface area contributed by atoms with Crippen molar-refractivity contribution in [1.82, 2.24) is 14.3 Å². The van der Waals surface area contributed by atoms with Crippen LogP contribution in [0.1, 0.15) is 17.2 Å². The summed E-state index contributed by atoms with van der Waals surface area (Å²) < 4.78 is 12.6. The third kappa shape index (κ3) is 3.44. The summed E-state index contributed by atoms with van der Waals surface area (Å²) in [5, 5.41) is 2.28. The van der Waals surface area contributed by atoms with Gasteiger partial charge in [-0.2, -0.15) is 0 Å². The minimum absolute atomic E-state index is 0.181. The molecule has 26 heavy (non-hydrogen) atoms.